The number of hydroxylamine groups is 1. The van der Waals surface area contributed by atoms with Crippen LogP contribution in [0.5, 0.6) is 0 Å². The first-order chi connectivity index (χ1) is 2.77. The van der Waals surface area contributed by atoms with Crippen LogP contribution in [-0.4, -0.2) is 23.1 Å². The monoisotopic (exact) mass is 92.1 g/mol. The maximum Gasteiger partial charge on any atom is 0.117 e. The van der Waals surface area contributed by atoms with Gasteiger partial charge in [0.2, 0.25) is 0 Å². The minimum Gasteiger partial charge on any atom is -0.377 e. The molecule has 38 valence electrons. The molecule has 6 heavy (non-hydrogen) atoms. The van der Waals surface area contributed by atoms with E-state index in [-0.39, 0.29) is 6.54 Å². The van der Waals surface area contributed by atoms with Crippen molar-refractivity contribution in [3.8, 4) is 0 Å². The van der Waals surface area contributed by atoms with Crippen LogP contribution in [-0.2, 0) is 0 Å². The Morgan fingerprint density at radius 3 is 2.33 bits per heavy atom. The van der Waals surface area contributed by atoms with Gasteiger partial charge in [0.05, 0.1) is 6.54 Å². The van der Waals surface area contributed by atoms with Gasteiger partial charge in [-0.05, 0) is 0 Å². The number of nitrogens with two attached hydrogens (primary N) is 1. The standard InChI is InChI=1S/C2H8N2O2/c3-2(5)1-4-6/h2,4-6H,1,3H2. The van der Waals surface area contributed by atoms with E-state index in [1.807, 2.05) is 0 Å². The smallest absolute Gasteiger partial charge is 0.117 e. The van der Waals surface area contributed by atoms with Crippen LogP contribution in [0.4, 0.5) is 0 Å². The second-order valence-electron chi connectivity index (χ2n) is 0.930. The maximum absolute atomic E-state index is 8.11. The van der Waals surface area contributed by atoms with E-state index in [2.05, 4.69) is 0 Å². The highest BCUT2D eigenvalue weighted by atomic mass is 16.5. The molecule has 0 aliphatic carbocycles. The molecule has 0 aliphatic rings. The lowest BCUT2D eigenvalue weighted by Gasteiger charge is -1.97. The Kier molecular flexibility index (Phi) is 2.97. The highest BCUT2D eigenvalue weighted by Gasteiger charge is 1.87. The summed E-state index contributed by atoms with van der Waals surface area (Å²) < 4.78 is 0. The molecular weight excluding hydrogens is 84.0 g/mol. The van der Waals surface area contributed by atoms with Gasteiger partial charge in [-0.1, -0.05) is 0 Å². The highest BCUT2D eigenvalue weighted by molar-refractivity contribution is 4.38. The van der Waals surface area contributed by atoms with Crippen LogP contribution in [0, 0.1) is 0 Å². The van der Waals surface area contributed by atoms with Gasteiger partial charge in [0.25, 0.3) is 0 Å². The largest absolute Gasteiger partial charge is 0.377 e. The predicted molar refractivity (Wildman–Crippen MR) is 20.0 cm³/mol. The second kappa shape index (κ2) is 3.05. The summed E-state index contributed by atoms with van der Waals surface area (Å²) in [7, 11) is 0. The van der Waals surface area contributed by atoms with E-state index in [9.17, 15) is 0 Å². The van der Waals surface area contributed by atoms with Crippen LogP contribution in [0.15, 0.2) is 0 Å². The third-order valence-electron chi connectivity index (χ3n) is 0.300. The topological polar surface area (TPSA) is 78.5 Å². The Morgan fingerprint density at radius 2 is 2.33 bits per heavy atom. The van der Waals surface area contributed by atoms with Gasteiger partial charge < -0.3 is 16.0 Å². The summed E-state index contributed by atoms with van der Waals surface area (Å²) in [5.41, 5.74) is 6.43. The van der Waals surface area contributed by atoms with Crippen molar-refractivity contribution >= 4 is 0 Å². The van der Waals surface area contributed by atoms with Gasteiger partial charge in [0.1, 0.15) is 6.23 Å². The summed E-state index contributed by atoms with van der Waals surface area (Å²) in [4.78, 5) is 0. The van der Waals surface area contributed by atoms with Gasteiger partial charge in [0.15, 0.2) is 0 Å². The highest BCUT2D eigenvalue weighted by Crippen LogP contribution is 1.57. The Labute approximate surface area is 35.5 Å². The summed E-state index contributed by atoms with van der Waals surface area (Å²) in [5.74, 6) is 0. The first kappa shape index (κ1) is 5.84. The molecule has 0 aromatic rings. The minimum atomic E-state index is -0.963. The van der Waals surface area contributed by atoms with Crippen LogP contribution in [0.3, 0.4) is 0 Å². The molecule has 0 saturated carbocycles. The lowest BCUT2D eigenvalue weighted by molar-refractivity contribution is 0.0956. The zero-order valence-corrected chi connectivity index (χ0v) is 3.26. The number of hydrogen-bond donors (Lipinski definition) is 4. The fraction of sp³-hybridized carbons (Fsp3) is 1.00. The molecule has 0 radical (unpaired) electrons. The first-order valence-electron chi connectivity index (χ1n) is 1.58. The van der Waals surface area contributed by atoms with Crippen LogP contribution in [0.1, 0.15) is 0 Å². The molecular formula is C2H8N2O2. The van der Waals surface area contributed by atoms with Crippen molar-refractivity contribution in [2.45, 2.75) is 6.23 Å². The SMILES string of the molecule is NC(O)CNO. The van der Waals surface area contributed by atoms with E-state index < -0.39 is 6.23 Å². The van der Waals surface area contributed by atoms with Crippen molar-refractivity contribution in [1.29, 1.82) is 0 Å². The van der Waals surface area contributed by atoms with E-state index >= 15 is 0 Å². The van der Waals surface area contributed by atoms with Crippen molar-refractivity contribution in [1.82, 2.24) is 5.48 Å². The third-order valence-corrected chi connectivity index (χ3v) is 0.300. The molecule has 0 aromatic heterocycles. The summed E-state index contributed by atoms with van der Waals surface area (Å²) >= 11 is 0. The summed E-state index contributed by atoms with van der Waals surface area (Å²) in [5, 5.41) is 15.9. The second-order valence-corrected chi connectivity index (χ2v) is 0.930. The predicted octanol–water partition coefficient (Wildman–Crippen LogP) is -1.76. The van der Waals surface area contributed by atoms with E-state index in [0.29, 0.717) is 0 Å². The summed E-state index contributed by atoms with van der Waals surface area (Å²) in [6.07, 6.45) is -0.963. The molecule has 4 nitrogen and oxygen atoms in total. The zero-order valence-electron chi connectivity index (χ0n) is 3.26. The van der Waals surface area contributed by atoms with E-state index in [4.69, 9.17) is 16.0 Å². The Hall–Kier alpha value is -0.160. The van der Waals surface area contributed by atoms with Crippen molar-refractivity contribution in [2.24, 2.45) is 5.73 Å². The average Bonchev–Trinajstić information content (AvgIpc) is 1.35. The van der Waals surface area contributed by atoms with Gasteiger partial charge in [-0.2, -0.15) is 0 Å². The summed E-state index contributed by atoms with van der Waals surface area (Å²) in [6.45, 7) is 0.0139. The quantitative estimate of drug-likeness (QED) is 0.240. The van der Waals surface area contributed by atoms with Crippen LogP contribution in [0.2, 0.25) is 0 Å². The fourth-order valence-electron chi connectivity index (χ4n) is 0.0935. The maximum atomic E-state index is 8.11. The Bertz CT molecular complexity index is 30.7. The van der Waals surface area contributed by atoms with Crippen LogP contribution in [0.25, 0.3) is 0 Å². The van der Waals surface area contributed by atoms with Crippen molar-refractivity contribution in [2.75, 3.05) is 6.54 Å². The molecule has 0 aromatic carbocycles. The molecule has 5 N–H and O–H groups in total. The zero-order chi connectivity index (χ0) is 4.99. The fourth-order valence-corrected chi connectivity index (χ4v) is 0.0935. The van der Waals surface area contributed by atoms with Gasteiger partial charge in [0, 0.05) is 0 Å². The van der Waals surface area contributed by atoms with E-state index in [0.717, 1.165) is 0 Å². The van der Waals surface area contributed by atoms with Gasteiger partial charge in [-0.25, -0.2) is 5.48 Å². The molecule has 0 fully saturated rings. The Morgan fingerprint density at radius 1 is 1.83 bits per heavy atom. The number of nitrogens with one attached hydrogen (secondary N) is 1. The molecule has 1 atom stereocenters. The molecule has 0 rings (SSSR count). The molecule has 4 heteroatoms. The lowest BCUT2D eigenvalue weighted by Crippen LogP contribution is -2.31. The van der Waals surface area contributed by atoms with Crippen molar-refractivity contribution < 1.29 is 10.3 Å². The average molecular weight is 92.1 g/mol. The van der Waals surface area contributed by atoms with Gasteiger partial charge >= 0.3 is 0 Å². The molecule has 1 unspecified atom stereocenters. The molecule has 0 bridgehead atoms. The van der Waals surface area contributed by atoms with Crippen LogP contribution >= 0.6 is 0 Å². The number of hydrogen-bond acceptors (Lipinski definition) is 4. The lowest BCUT2D eigenvalue weighted by atomic mass is 10.6. The normalized spacial score (nSPS) is 14.5. The van der Waals surface area contributed by atoms with E-state index in [1.165, 1.54) is 0 Å². The van der Waals surface area contributed by atoms with Gasteiger partial charge in [-0.3, -0.25) is 0 Å². The first-order valence-corrected chi connectivity index (χ1v) is 1.58. The minimum absolute atomic E-state index is 0.0139. The van der Waals surface area contributed by atoms with Gasteiger partial charge in [-0.15, -0.1) is 0 Å². The number of aliphatic hydroxyl groups is 1. The van der Waals surface area contributed by atoms with Crippen molar-refractivity contribution in [3.63, 3.8) is 0 Å². The van der Waals surface area contributed by atoms with Crippen LogP contribution < -0.4 is 11.2 Å². The molecule has 0 heterocycles. The molecule has 0 saturated heterocycles. The summed E-state index contributed by atoms with van der Waals surface area (Å²) in [6, 6.07) is 0. The Balaban J connectivity index is 2.63. The van der Waals surface area contributed by atoms with Crippen molar-refractivity contribution in [3.05, 3.63) is 0 Å². The number of rotatable bonds is 2. The molecule has 0 aliphatic heterocycles. The third kappa shape index (κ3) is 3.84. The number of aliphatic hydroxyl groups excluding tert-OH is 1. The molecule has 0 amide bonds. The molecule has 0 spiro atoms. The van der Waals surface area contributed by atoms with E-state index in [1.54, 1.807) is 5.48 Å².